The molecule has 0 saturated heterocycles. The van der Waals surface area contributed by atoms with Gasteiger partial charge >= 0.3 is 0 Å². The van der Waals surface area contributed by atoms with E-state index in [9.17, 15) is 10.2 Å². The number of hydrogen-bond acceptors (Lipinski definition) is 3. The Morgan fingerprint density at radius 3 is 2.44 bits per heavy atom. The smallest absolute Gasteiger partial charge is 0.138 e. The Bertz CT molecular complexity index is 453. The van der Waals surface area contributed by atoms with E-state index in [2.05, 4.69) is 36.9 Å². The van der Waals surface area contributed by atoms with Gasteiger partial charge < -0.3 is 10.2 Å². The number of phenolic OH excluding ortho intramolecular Hbond substituents is 1. The molecule has 0 saturated carbocycles. The summed E-state index contributed by atoms with van der Waals surface area (Å²) in [5.41, 5.74) is 0.489. The van der Waals surface area contributed by atoms with Gasteiger partial charge in [-0.1, -0.05) is 36.7 Å². The maximum atomic E-state index is 9.89. The molecule has 100 valence electrons. The topological polar surface area (TPSA) is 52.8 Å². The van der Waals surface area contributed by atoms with Gasteiger partial charge in [0.15, 0.2) is 0 Å². The van der Waals surface area contributed by atoms with Gasteiger partial charge in [0.25, 0.3) is 0 Å². The monoisotopic (exact) mass is 377 g/mol. The number of phenols is 1. The Kier molecular flexibility index (Phi) is 5.37. The minimum Gasteiger partial charge on any atom is -0.506 e. The number of hydrogen-bond donors (Lipinski definition) is 2. The standard InChI is InChI=1S/C13H17Br2NO2/c1-13(2,3)11(7-17)16-6-8-4-9(14)5-10(15)12(8)18/h4-6,11,17-18H,7H2,1-3H3/t11-/m1/s1. The van der Waals surface area contributed by atoms with Crippen LogP contribution in [0.4, 0.5) is 0 Å². The van der Waals surface area contributed by atoms with Crippen LogP contribution in [0.15, 0.2) is 26.1 Å². The summed E-state index contributed by atoms with van der Waals surface area (Å²) in [6.07, 6.45) is 1.59. The number of benzene rings is 1. The number of rotatable bonds is 3. The Balaban J connectivity index is 3.04. The van der Waals surface area contributed by atoms with Crippen LogP contribution in [-0.4, -0.2) is 29.1 Å². The zero-order valence-electron chi connectivity index (χ0n) is 10.6. The lowest BCUT2D eigenvalue weighted by molar-refractivity contribution is 0.191. The molecule has 1 rings (SSSR count). The van der Waals surface area contributed by atoms with E-state index in [0.29, 0.717) is 10.0 Å². The number of aliphatic imine (C=N–C) groups is 1. The highest BCUT2D eigenvalue weighted by molar-refractivity contribution is 9.11. The van der Waals surface area contributed by atoms with Gasteiger partial charge in [-0.2, -0.15) is 0 Å². The van der Waals surface area contributed by atoms with E-state index in [1.807, 2.05) is 20.8 Å². The average Bonchev–Trinajstić information content (AvgIpc) is 2.23. The summed E-state index contributed by atoms with van der Waals surface area (Å²) in [6.45, 7) is 6.03. The number of aliphatic hydroxyl groups excluding tert-OH is 1. The zero-order valence-corrected chi connectivity index (χ0v) is 13.8. The van der Waals surface area contributed by atoms with Gasteiger partial charge in [0.2, 0.25) is 0 Å². The highest BCUT2D eigenvalue weighted by atomic mass is 79.9. The normalized spacial score (nSPS) is 14.1. The second kappa shape index (κ2) is 6.17. The van der Waals surface area contributed by atoms with Crippen molar-refractivity contribution in [2.24, 2.45) is 10.4 Å². The average molecular weight is 379 g/mol. The van der Waals surface area contributed by atoms with Crippen molar-refractivity contribution in [1.82, 2.24) is 0 Å². The summed E-state index contributed by atoms with van der Waals surface area (Å²) in [5.74, 6) is 0.146. The van der Waals surface area contributed by atoms with Crippen molar-refractivity contribution in [3.8, 4) is 5.75 Å². The Morgan fingerprint density at radius 2 is 1.94 bits per heavy atom. The fourth-order valence-corrected chi connectivity index (χ4v) is 2.66. The highest BCUT2D eigenvalue weighted by Crippen LogP contribution is 2.31. The summed E-state index contributed by atoms with van der Waals surface area (Å²) < 4.78 is 1.46. The quantitative estimate of drug-likeness (QED) is 0.787. The van der Waals surface area contributed by atoms with Gasteiger partial charge in [-0.15, -0.1) is 0 Å². The van der Waals surface area contributed by atoms with Crippen molar-refractivity contribution in [3.63, 3.8) is 0 Å². The number of halogens is 2. The van der Waals surface area contributed by atoms with Crippen LogP contribution in [0.2, 0.25) is 0 Å². The molecule has 18 heavy (non-hydrogen) atoms. The fraction of sp³-hybridized carbons (Fsp3) is 0.462. The van der Waals surface area contributed by atoms with Crippen LogP contribution in [0.3, 0.4) is 0 Å². The predicted molar refractivity (Wildman–Crippen MR) is 81.4 cm³/mol. The molecule has 5 heteroatoms. The molecule has 0 heterocycles. The number of nitrogens with zero attached hydrogens (tertiary/aromatic N) is 1. The van der Waals surface area contributed by atoms with Crippen molar-refractivity contribution >= 4 is 38.1 Å². The molecule has 2 N–H and O–H groups in total. The van der Waals surface area contributed by atoms with Crippen LogP contribution in [0, 0.1) is 5.41 Å². The fourth-order valence-electron chi connectivity index (χ4n) is 1.40. The van der Waals surface area contributed by atoms with E-state index >= 15 is 0 Å². The van der Waals surface area contributed by atoms with Crippen LogP contribution in [0.1, 0.15) is 26.3 Å². The van der Waals surface area contributed by atoms with Crippen molar-refractivity contribution in [3.05, 3.63) is 26.6 Å². The summed E-state index contributed by atoms with van der Waals surface area (Å²) in [7, 11) is 0. The molecule has 3 nitrogen and oxygen atoms in total. The second-order valence-electron chi connectivity index (χ2n) is 5.17. The zero-order chi connectivity index (χ0) is 13.9. The maximum absolute atomic E-state index is 9.89. The molecule has 0 spiro atoms. The van der Waals surface area contributed by atoms with Crippen molar-refractivity contribution < 1.29 is 10.2 Å². The van der Waals surface area contributed by atoms with E-state index in [4.69, 9.17) is 0 Å². The van der Waals surface area contributed by atoms with Crippen molar-refractivity contribution in [2.45, 2.75) is 26.8 Å². The number of aromatic hydroxyl groups is 1. The Morgan fingerprint density at radius 1 is 1.33 bits per heavy atom. The molecule has 0 fully saturated rings. The molecule has 0 unspecified atom stereocenters. The summed E-state index contributed by atoms with van der Waals surface area (Å²) in [6, 6.07) is 3.34. The largest absolute Gasteiger partial charge is 0.506 e. The van der Waals surface area contributed by atoms with E-state index in [0.717, 1.165) is 4.47 Å². The Labute approximate surface area is 124 Å². The van der Waals surface area contributed by atoms with E-state index in [1.54, 1.807) is 18.3 Å². The lowest BCUT2D eigenvalue weighted by atomic mass is 9.88. The van der Waals surface area contributed by atoms with Gasteiger partial charge in [0, 0.05) is 16.3 Å². The highest BCUT2D eigenvalue weighted by Gasteiger charge is 2.22. The third-order valence-corrected chi connectivity index (χ3v) is 3.69. The van der Waals surface area contributed by atoms with E-state index < -0.39 is 0 Å². The SMILES string of the molecule is CC(C)(C)[C@@H](CO)N=Cc1cc(Br)cc(Br)c1O. The van der Waals surface area contributed by atoms with Crippen molar-refractivity contribution in [1.29, 1.82) is 0 Å². The summed E-state index contributed by atoms with van der Waals surface area (Å²) >= 11 is 6.63. The lowest BCUT2D eigenvalue weighted by Crippen LogP contribution is -2.28. The minimum atomic E-state index is -0.199. The van der Waals surface area contributed by atoms with Gasteiger partial charge in [0.05, 0.1) is 17.1 Å². The molecule has 1 atom stereocenters. The van der Waals surface area contributed by atoms with Gasteiger partial charge in [0.1, 0.15) is 5.75 Å². The molecule has 0 bridgehead atoms. The first-order valence-corrected chi connectivity index (χ1v) is 7.16. The summed E-state index contributed by atoms with van der Waals surface area (Å²) in [5, 5.41) is 19.2. The van der Waals surface area contributed by atoms with Crippen molar-refractivity contribution in [2.75, 3.05) is 6.61 Å². The molecule has 1 aromatic rings. The third-order valence-electron chi connectivity index (χ3n) is 2.62. The van der Waals surface area contributed by atoms with Gasteiger partial charge in [-0.05, 0) is 33.5 Å². The molecule has 0 aromatic heterocycles. The maximum Gasteiger partial charge on any atom is 0.138 e. The van der Waals surface area contributed by atoms with Gasteiger partial charge in [-0.3, -0.25) is 4.99 Å². The first-order chi connectivity index (χ1) is 8.25. The summed E-state index contributed by atoms with van der Waals surface area (Å²) in [4.78, 5) is 4.35. The van der Waals surface area contributed by atoms with E-state index in [1.165, 1.54) is 0 Å². The molecular weight excluding hydrogens is 362 g/mol. The molecular formula is C13H17Br2NO2. The molecule has 1 aromatic carbocycles. The lowest BCUT2D eigenvalue weighted by Gasteiger charge is -2.25. The first-order valence-electron chi connectivity index (χ1n) is 5.57. The molecule has 0 radical (unpaired) electrons. The predicted octanol–water partition coefficient (Wildman–Crippen LogP) is 3.74. The first kappa shape index (κ1) is 15.7. The molecule has 0 aliphatic carbocycles. The Hall–Kier alpha value is -0.390. The minimum absolute atomic E-state index is 0.0179. The second-order valence-corrected chi connectivity index (χ2v) is 6.94. The number of aliphatic hydroxyl groups is 1. The molecule has 0 aliphatic rings. The van der Waals surface area contributed by atoms with E-state index in [-0.39, 0.29) is 23.8 Å². The molecule has 0 aliphatic heterocycles. The van der Waals surface area contributed by atoms with Gasteiger partial charge in [-0.25, -0.2) is 0 Å². The van der Waals surface area contributed by atoms with Crippen LogP contribution >= 0.6 is 31.9 Å². The van der Waals surface area contributed by atoms with Crippen LogP contribution < -0.4 is 0 Å². The van der Waals surface area contributed by atoms with Crippen LogP contribution in [-0.2, 0) is 0 Å². The van der Waals surface area contributed by atoms with Crippen LogP contribution in [0.25, 0.3) is 0 Å². The molecule has 0 amide bonds. The third kappa shape index (κ3) is 4.07. The van der Waals surface area contributed by atoms with Crippen LogP contribution in [0.5, 0.6) is 5.75 Å².